The highest BCUT2D eigenvalue weighted by molar-refractivity contribution is 7.36. The lowest BCUT2D eigenvalue weighted by Gasteiger charge is -1.98. The lowest BCUT2D eigenvalue weighted by atomic mass is 10.1. The third kappa shape index (κ3) is 0.993. The van der Waals surface area contributed by atoms with E-state index >= 15 is 0 Å². The van der Waals surface area contributed by atoms with Gasteiger partial charge < -0.3 is 0 Å². The first-order valence-corrected chi connectivity index (χ1v) is 5.48. The van der Waals surface area contributed by atoms with Gasteiger partial charge in [-0.3, -0.25) is 0 Å². The van der Waals surface area contributed by atoms with Gasteiger partial charge >= 0.3 is 0 Å². The molecule has 1 heteroatoms. The minimum absolute atomic E-state index is 0.862. The normalized spacial score (nSPS) is 11.7. The first-order chi connectivity index (χ1) is 6.45. The molecule has 0 nitrogen and oxygen atoms in total. The van der Waals surface area contributed by atoms with E-state index in [-0.39, 0.29) is 0 Å². The summed E-state index contributed by atoms with van der Waals surface area (Å²) >= 11 is 0. The molecule has 0 aliphatic rings. The molecule has 0 fully saturated rings. The van der Waals surface area contributed by atoms with Crippen LogP contribution in [-0.2, 0) is 0 Å². The summed E-state index contributed by atoms with van der Waals surface area (Å²) in [5.41, 5.74) is 0. The van der Waals surface area contributed by atoms with Gasteiger partial charge in [0, 0.05) is 0 Å². The van der Waals surface area contributed by atoms with Crippen LogP contribution in [-0.4, -0.2) is 0 Å². The Hall–Kier alpha value is -1.26. The van der Waals surface area contributed by atoms with Crippen molar-refractivity contribution < 1.29 is 0 Å². The summed E-state index contributed by atoms with van der Waals surface area (Å²) in [7, 11) is 0.862. The van der Waals surface area contributed by atoms with Crippen molar-refractivity contribution in [3.8, 4) is 0 Å². The lowest BCUT2D eigenvalue weighted by Crippen LogP contribution is -1.70. The number of fused-ring (bicyclic) bond motifs is 3. The third-order valence-electron chi connectivity index (χ3n) is 2.46. The molecule has 0 aliphatic carbocycles. The van der Waals surface area contributed by atoms with Gasteiger partial charge in [-0.1, -0.05) is 36.4 Å². The Morgan fingerprint density at radius 2 is 1.69 bits per heavy atom. The Bertz CT molecular complexity index is 563. The van der Waals surface area contributed by atoms with E-state index in [1.807, 2.05) is 0 Å². The fraction of sp³-hybridized carbons (Fsp3) is 0. The number of hydrogen-bond donors (Lipinski definition) is 0. The zero-order valence-corrected chi connectivity index (χ0v) is 8.12. The highest BCUT2D eigenvalue weighted by atomic mass is 31.0. The van der Waals surface area contributed by atoms with Gasteiger partial charge in [0.25, 0.3) is 0 Å². The maximum atomic E-state index is 2.26. The standard InChI is InChI=1S/C12H9P/c1-2-4-10-9(3-1)5-6-12-11(10)7-8-13-12/h1-8,13H. The van der Waals surface area contributed by atoms with Crippen LogP contribution in [0.2, 0.25) is 0 Å². The number of hydrogen-bond acceptors (Lipinski definition) is 0. The van der Waals surface area contributed by atoms with Crippen LogP contribution in [0.1, 0.15) is 0 Å². The largest absolute Gasteiger partial charge is 0.132 e. The molecule has 0 saturated carbocycles. The first kappa shape index (κ1) is 7.17. The zero-order chi connectivity index (χ0) is 8.67. The minimum Gasteiger partial charge on any atom is -0.132 e. The Kier molecular flexibility index (Phi) is 1.44. The van der Waals surface area contributed by atoms with Gasteiger partial charge in [0.15, 0.2) is 0 Å². The van der Waals surface area contributed by atoms with Crippen molar-refractivity contribution in [1.82, 2.24) is 0 Å². The van der Waals surface area contributed by atoms with E-state index in [0.717, 1.165) is 8.19 Å². The highest BCUT2D eigenvalue weighted by Crippen LogP contribution is 2.31. The predicted molar refractivity (Wildman–Crippen MR) is 61.0 cm³/mol. The van der Waals surface area contributed by atoms with Crippen molar-refractivity contribution in [2.45, 2.75) is 0 Å². The maximum Gasteiger partial charge on any atom is -0.00118 e. The van der Waals surface area contributed by atoms with Crippen LogP contribution in [0.5, 0.6) is 0 Å². The van der Waals surface area contributed by atoms with Crippen LogP contribution in [0.4, 0.5) is 0 Å². The Balaban J connectivity index is 2.65. The summed E-state index contributed by atoms with van der Waals surface area (Å²) in [6, 6.07) is 15.3. The van der Waals surface area contributed by atoms with Crippen LogP contribution in [0.3, 0.4) is 0 Å². The number of rotatable bonds is 0. The lowest BCUT2D eigenvalue weighted by molar-refractivity contribution is 1.81. The van der Waals surface area contributed by atoms with E-state index in [9.17, 15) is 0 Å². The molecule has 13 heavy (non-hydrogen) atoms. The Morgan fingerprint density at radius 1 is 0.769 bits per heavy atom. The minimum atomic E-state index is 0.862. The molecule has 0 spiro atoms. The molecule has 0 radical (unpaired) electrons. The molecular formula is C12H9P. The average molecular weight is 184 g/mol. The Morgan fingerprint density at radius 3 is 2.69 bits per heavy atom. The van der Waals surface area contributed by atoms with Crippen LogP contribution < -0.4 is 0 Å². The molecule has 1 aromatic heterocycles. The smallest absolute Gasteiger partial charge is 0.00118 e. The van der Waals surface area contributed by atoms with Gasteiger partial charge in [0.05, 0.1) is 0 Å². The molecule has 0 bridgehead atoms. The maximum absolute atomic E-state index is 2.26. The van der Waals surface area contributed by atoms with E-state index in [1.54, 1.807) is 0 Å². The number of benzene rings is 2. The fourth-order valence-corrected chi connectivity index (χ4v) is 2.80. The molecule has 3 rings (SSSR count). The van der Waals surface area contributed by atoms with E-state index in [2.05, 4.69) is 48.3 Å². The fourth-order valence-electron chi connectivity index (χ4n) is 1.82. The van der Waals surface area contributed by atoms with E-state index in [4.69, 9.17) is 0 Å². The molecule has 0 N–H and O–H groups in total. The quantitative estimate of drug-likeness (QED) is 0.495. The monoisotopic (exact) mass is 184 g/mol. The van der Waals surface area contributed by atoms with Crippen LogP contribution >= 0.6 is 8.19 Å². The summed E-state index contributed by atoms with van der Waals surface area (Å²) in [5.74, 6) is 2.26. The third-order valence-corrected chi connectivity index (χ3v) is 3.54. The molecule has 1 unspecified atom stereocenters. The molecule has 62 valence electrons. The van der Waals surface area contributed by atoms with Crippen molar-refractivity contribution in [3.05, 3.63) is 48.3 Å². The molecule has 0 aliphatic heterocycles. The molecule has 3 aromatic rings. The molecule has 1 atom stereocenters. The summed E-state index contributed by atoms with van der Waals surface area (Å²) < 4.78 is 0. The molecule has 2 aromatic carbocycles. The van der Waals surface area contributed by atoms with Crippen molar-refractivity contribution >= 4 is 29.5 Å². The summed E-state index contributed by atoms with van der Waals surface area (Å²) in [5, 5.41) is 5.65. The summed E-state index contributed by atoms with van der Waals surface area (Å²) in [6.45, 7) is 0. The molecule has 1 heterocycles. The molecular weight excluding hydrogens is 175 g/mol. The second kappa shape index (κ2) is 2.61. The highest BCUT2D eigenvalue weighted by Gasteiger charge is 1.98. The average Bonchev–Trinajstić information content (AvgIpc) is 2.65. The van der Waals surface area contributed by atoms with E-state index in [1.165, 1.54) is 21.3 Å². The second-order valence-electron chi connectivity index (χ2n) is 3.23. The topological polar surface area (TPSA) is 0 Å². The second-order valence-corrected chi connectivity index (χ2v) is 4.39. The van der Waals surface area contributed by atoms with Crippen molar-refractivity contribution in [1.29, 1.82) is 0 Å². The van der Waals surface area contributed by atoms with Crippen LogP contribution in [0.15, 0.2) is 48.3 Å². The van der Waals surface area contributed by atoms with Crippen molar-refractivity contribution in [2.75, 3.05) is 0 Å². The SMILES string of the molecule is c1ccc2c(c1)ccc1[pH]ccc12. The van der Waals surface area contributed by atoms with Gasteiger partial charge in [-0.05, 0) is 33.1 Å². The van der Waals surface area contributed by atoms with Gasteiger partial charge in [-0.15, -0.1) is 8.19 Å². The van der Waals surface area contributed by atoms with Crippen molar-refractivity contribution in [3.63, 3.8) is 0 Å². The van der Waals surface area contributed by atoms with Gasteiger partial charge in [0.1, 0.15) is 0 Å². The van der Waals surface area contributed by atoms with Crippen LogP contribution in [0.25, 0.3) is 21.3 Å². The van der Waals surface area contributed by atoms with E-state index < -0.39 is 0 Å². The van der Waals surface area contributed by atoms with Gasteiger partial charge in [0.2, 0.25) is 0 Å². The predicted octanol–water partition coefficient (Wildman–Crippen LogP) is 4.02. The first-order valence-electron chi connectivity index (χ1n) is 4.40. The van der Waals surface area contributed by atoms with Crippen molar-refractivity contribution in [2.24, 2.45) is 0 Å². The molecule has 0 saturated heterocycles. The van der Waals surface area contributed by atoms with Gasteiger partial charge in [-0.25, -0.2) is 0 Å². The summed E-state index contributed by atoms with van der Waals surface area (Å²) in [6.07, 6.45) is 0. The van der Waals surface area contributed by atoms with Crippen LogP contribution in [0, 0.1) is 0 Å². The Labute approximate surface area is 78.3 Å². The molecule has 0 amide bonds. The van der Waals surface area contributed by atoms with Gasteiger partial charge in [-0.2, -0.15) is 0 Å². The summed E-state index contributed by atoms with van der Waals surface area (Å²) in [4.78, 5) is 0. The van der Waals surface area contributed by atoms with E-state index in [0.29, 0.717) is 0 Å². The zero-order valence-electron chi connectivity index (χ0n) is 7.12.